The first-order chi connectivity index (χ1) is 13.5. The Morgan fingerprint density at radius 2 is 1.96 bits per heavy atom. The predicted octanol–water partition coefficient (Wildman–Crippen LogP) is 2.14. The highest BCUT2D eigenvalue weighted by Crippen LogP contribution is 2.44. The quantitative estimate of drug-likeness (QED) is 0.846. The lowest BCUT2D eigenvalue weighted by molar-refractivity contribution is -0.132. The van der Waals surface area contributed by atoms with Crippen molar-refractivity contribution in [1.82, 2.24) is 14.9 Å². The van der Waals surface area contributed by atoms with Crippen molar-refractivity contribution in [3.05, 3.63) is 53.2 Å². The molecule has 2 aromatic rings. The van der Waals surface area contributed by atoms with Gasteiger partial charge >= 0.3 is 0 Å². The molecule has 148 valence electrons. The molecule has 28 heavy (non-hydrogen) atoms. The molecule has 0 spiro atoms. The summed E-state index contributed by atoms with van der Waals surface area (Å²) in [6.45, 7) is 4.90. The largest absolute Gasteiger partial charge is 0.353 e. The molecule has 4 rings (SSSR count). The van der Waals surface area contributed by atoms with Crippen molar-refractivity contribution in [2.75, 3.05) is 31.1 Å². The van der Waals surface area contributed by atoms with E-state index in [4.69, 9.17) is 5.73 Å². The first-order valence-electron chi connectivity index (χ1n) is 9.52. The van der Waals surface area contributed by atoms with Crippen LogP contribution in [0.2, 0.25) is 0 Å². The van der Waals surface area contributed by atoms with E-state index in [2.05, 4.69) is 21.8 Å². The summed E-state index contributed by atoms with van der Waals surface area (Å²) in [5.74, 6) is 1.60. The second-order valence-electron chi connectivity index (χ2n) is 7.26. The van der Waals surface area contributed by atoms with Crippen molar-refractivity contribution >= 4 is 23.5 Å². The Bertz CT molecular complexity index is 854. The van der Waals surface area contributed by atoms with Gasteiger partial charge in [0.1, 0.15) is 18.0 Å². The molecule has 2 aliphatic heterocycles. The van der Waals surface area contributed by atoms with E-state index in [0.717, 1.165) is 35.9 Å². The van der Waals surface area contributed by atoms with Crippen molar-refractivity contribution in [3.8, 4) is 0 Å². The van der Waals surface area contributed by atoms with Crippen molar-refractivity contribution in [2.24, 2.45) is 5.73 Å². The smallest absolute Gasteiger partial charge is 0.239 e. The van der Waals surface area contributed by atoms with E-state index in [0.29, 0.717) is 24.8 Å². The van der Waals surface area contributed by atoms with Crippen molar-refractivity contribution < 1.29 is 9.18 Å². The summed E-state index contributed by atoms with van der Waals surface area (Å²) >= 11 is 1.88. The van der Waals surface area contributed by atoms with Gasteiger partial charge in [0, 0.05) is 42.7 Å². The maximum Gasteiger partial charge on any atom is 0.239 e. The molecule has 0 saturated carbocycles. The molecular formula is C20H24FN5OS. The summed E-state index contributed by atoms with van der Waals surface area (Å²) in [5.41, 5.74) is 9.36. The van der Waals surface area contributed by atoms with Crippen molar-refractivity contribution in [3.63, 3.8) is 0 Å². The summed E-state index contributed by atoms with van der Waals surface area (Å²) in [7, 11) is 0. The van der Waals surface area contributed by atoms with Crippen LogP contribution in [0, 0.1) is 5.82 Å². The van der Waals surface area contributed by atoms with E-state index >= 15 is 0 Å². The fourth-order valence-electron chi connectivity index (χ4n) is 3.83. The molecule has 2 atom stereocenters. The fraction of sp³-hybridized carbons (Fsp3) is 0.450. The third-order valence-electron chi connectivity index (χ3n) is 5.40. The molecule has 3 heterocycles. The van der Waals surface area contributed by atoms with Crippen LogP contribution in [0.1, 0.15) is 29.0 Å². The number of piperazine rings is 1. The number of aromatic nitrogens is 2. The lowest BCUT2D eigenvalue weighted by Gasteiger charge is -2.37. The molecule has 1 amide bonds. The Morgan fingerprint density at radius 1 is 1.25 bits per heavy atom. The lowest BCUT2D eigenvalue weighted by Crippen LogP contribution is -2.54. The monoisotopic (exact) mass is 401 g/mol. The van der Waals surface area contributed by atoms with Crippen LogP contribution in [0.3, 0.4) is 0 Å². The van der Waals surface area contributed by atoms with Gasteiger partial charge < -0.3 is 15.5 Å². The third kappa shape index (κ3) is 3.84. The number of nitrogens with zero attached hydrogens (tertiary/aromatic N) is 4. The highest BCUT2D eigenvalue weighted by atomic mass is 32.2. The van der Waals surface area contributed by atoms with E-state index in [-0.39, 0.29) is 11.7 Å². The Hall–Kier alpha value is -2.19. The molecule has 1 aromatic carbocycles. The van der Waals surface area contributed by atoms with E-state index in [9.17, 15) is 9.18 Å². The zero-order valence-electron chi connectivity index (χ0n) is 15.8. The molecule has 8 heteroatoms. The topological polar surface area (TPSA) is 75.4 Å². The van der Waals surface area contributed by atoms with Gasteiger partial charge in [0.25, 0.3) is 0 Å². The summed E-state index contributed by atoms with van der Waals surface area (Å²) < 4.78 is 13.0. The molecule has 2 aliphatic rings. The summed E-state index contributed by atoms with van der Waals surface area (Å²) in [4.78, 5) is 25.8. The SMILES string of the molecule is CC1SCc2ncnc(N3CCN(C(=O)[C@H](N)Cc4ccc(F)cc4)CC3)c21. The molecule has 6 nitrogen and oxygen atoms in total. The number of thioether (sulfide) groups is 1. The Kier molecular flexibility index (Phi) is 5.50. The summed E-state index contributed by atoms with van der Waals surface area (Å²) in [6, 6.07) is 5.52. The lowest BCUT2D eigenvalue weighted by atomic mass is 10.0. The minimum atomic E-state index is -0.614. The molecular weight excluding hydrogens is 377 g/mol. The average Bonchev–Trinajstić information content (AvgIpc) is 3.10. The van der Waals surface area contributed by atoms with Gasteiger partial charge in [-0.05, 0) is 31.0 Å². The molecule has 0 aliphatic carbocycles. The first kappa shape index (κ1) is 19.1. The molecule has 1 saturated heterocycles. The van der Waals surface area contributed by atoms with Gasteiger partial charge in [-0.15, -0.1) is 11.8 Å². The van der Waals surface area contributed by atoms with Crippen LogP contribution in [-0.2, 0) is 17.0 Å². The second kappa shape index (κ2) is 8.05. The van der Waals surface area contributed by atoms with Gasteiger partial charge in [0.05, 0.1) is 11.7 Å². The second-order valence-corrected chi connectivity index (χ2v) is 8.59. The third-order valence-corrected chi connectivity index (χ3v) is 6.57. The van der Waals surface area contributed by atoms with Crippen LogP contribution in [0.25, 0.3) is 0 Å². The van der Waals surface area contributed by atoms with Gasteiger partial charge in [0.15, 0.2) is 0 Å². The number of anilines is 1. The number of amides is 1. The van der Waals surface area contributed by atoms with E-state index in [1.807, 2.05) is 16.7 Å². The number of hydrogen-bond acceptors (Lipinski definition) is 6. The molecule has 0 radical (unpaired) electrons. The van der Waals surface area contributed by atoms with E-state index < -0.39 is 6.04 Å². The van der Waals surface area contributed by atoms with Crippen LogP contribution < -0.4 is 10.6 Å². The number of carbonyl (C=O) groups excluding carboxylic acids is 1. The first-order valence-corrected chi connectivity index (χ1v) is 10.6. The summed E-state index contributed by atoms with van der Waals surface area (Å²) in [5, 5.41) is 0.398. The van der Waals surface area contributed by atoms with Crippen molar-refractivity contribution in [2.45, 2.75) is 30.4 Å². The standard InChI is InChI=1S/C20H24FN5OS/c1-13-18-17(11-28-13)23-12-24-19(18)25-6-8-26(9-7-25)20(27)16(22)10-14-2-4-15(21)5-3-14/h2-5,12-13,16H,6-11,22H2,1H3/t13?,16-/m1/s1. The minimum absolute atomic E-state index is 0.0548. The van der Waals surface area contributed by atoms with Crippen LogP contribution in [0.15, 0.2) is 30.6 Å². The van der Waals surface area contributed by atoms with Crippen LogP contribution in [-0.4, -0.2) is 53.0 Å². The van der Waals surface area contributed by atoms with Gasteiger partial charge in [-0.25, -0.2) is 14.4 Å². The maximum atomic E-state index is 13.0. The highest BCUT2D eigenvalue weighted by Gasteiger charge is 2.30. The number of rotatable bonds is 4. The van der Waals surface area contributed by atoms with Gasteiger partial charge in [-0.1, -0.05) is 12.1 Å². The molecule has 1 aromatic heterocycles. The van der Waals surface area contributed by atoms with Crippen molar-refractivity contribution in [1.29, 1.82) is 0 Å². The minimum Gasteiger partial charge on any atom is -0.353 e. The van der Waals surface area contributed by atoms with Crippen LogP contribution in [0.4, 0.5) is 10.2 Å². The maximum absolute atomic E-state index is 13.0. The van der Waals surface area contributed by atoms with E-state index in [1.54, 1.807) is 18.5 Å². The van der Waals surface area contributed by atoms with Gasteiger partial charge in [-0.2, -0.15) is 0 Å². The van der Waals surface area contributed by atoms with E-state index in [1.165, 1.54) is 17.7 Å². The number of fused-ring (bicyclic) bond motifs is 1. The normalized spacial score (nSPS) is 20.2. The fourth-order valence-corrected chi connectivity index (χ4v) is 4.87. The zero-order valence-corrected chi connectivity index (χ0v) is 16.7. The number of nitrogens with two attached hydrogens (primary N) is 1. The van der Waals surface area contributed by atoms with Crippen LogP contribution in [0.5, 0.6) is 0 Å². The predicted molar refractivity (Wildman–Crippen MR) is 109 cm³/mol. The number of benzene rings is 1. The van der Waals surface area contributed by atoms with Gasteiger partial charge in [0.2, 0.25) is 5.91 Å². The molecule has 0 bridgehead atoms. The summed E-state index contributed by atoms with van der Waals surface area (Å²) in [6.07, 6.45) is 2.05. The number of hydrogen-bond donors (Lipinski definition) is 1. The number of carbonyl (C=O) groups is 1. The van der Waals surface area contributed by atoms with Gasteiger partial charge in [-0.3, -0.25) is 4.79 Å². The van der Waals surface area contributed by atoms with Crippen LogP contribution >= 0.6 is 11.8 Å². The highest BCUT2D eigenvalue weighted by molar-refractivity contribution is 7.99. The Labute approximate surface area is 168 Å². The Morgan fingerprint density at radius 3 is 2.68 bits per heavy atom. The number of halogens is 1. The zero-order chi connectivity index (χ0) is 19.7. The molecule has 1 fully saturated rings. The molecule has 2 N–H and O–H groups in total. The Balaban J connectivity index is 1.37. The average molecular weight is 402 g/mol. The molecule has 1 unspecified atom stereocenters.